The summed E-state index contributed by atoms with van der Waals surface area (Å²) in [5.41, 5.74) is 0. The van der Waals surface area contributed by atoms with E-state index in [1.807, 2.05) is 6.92 Å². The maximum Gasteiger partial charge on any atom is 0.205 e. The summed E-state index contributed by atoms with van der Waals surface area (Å²) in [7, 11) is 0. The molecular formula is C7H11N3OS. The Morgan fingerprint density at radius 3 is 3.08 bits per heavy atom. The molecule has 2 rings (SSSR count). The zero-order valence-corrected chi connectivity index (χ0v) is 7.73. The van der Waals surface area contributed by atoms with E-state index in [0.717, 1.165) is 29.8 Å². The lowest BCUT2D eigenvalue weighted by atomic mass is 10.3. The van der Waals surface area contributed by atoms with Crippen LogP contribution in [-0.4, -0.2) is 29.5 Å². The summed E-state index contributed by atoms with van der Waals surface area (Å²) in [6.45, 7) is 3.60. The molecule has 12 heavy (non-hydrogen) atoms. The van der Waals surface area contributed by atoms with Gasteiger partial charge in [-0.15, -0.1) is 10.2 Å². The molecule has 1 aliphatic heterocycles. The number of rotatable bonds is 2. The van der Waals surface area contributed by atoms with Crippen LogP contribution in [-0.2, 0) is 4.74 Å². The largest absolute Gasteiger partial charge is 0.379 e. The first kappa shape index (κ1) is 7.94. The third-order valence-corrected chi connectivity index (χ3v) is 2.55. The zero-order chi connectivity index (χ0) is 8.39. The van der Waals surface area contributed by atoms with Crippen LogP contribution in [0.25, 0.3) is 0 Å². The van der Waals surface area contributed by atoms with Gasteiger partial charge in [0.1, 0.15) is 5.01 Å². The van der Waals surface area contributed by atoms with E-state index in [2.05, 4.69) is 15.5 Å². The SMILES string of the molecule is Cc1nnc(NC2CCOC2)s1. The summed E-state index contributed by atoms with van der Waals surface area (Å²) in [6, 6.07) is 0.428. The van der Waals surface area contributed by atoms with Gasteiger partial charge in [0.2, 0.25) is 5.13 Å². The highest BCUT2D eigenvalue weighted by molar-refractivity contribution is 7.15. The first-order valence-corrected chi connectivity index (χ1v) is 4.80. The molecule has 2 heterocycles. The van der Waals surface area contributed by atoms with E-state index in [-0.39, 0.29) is 0 Å². The predicted molar refractivity (Wildman–Crippen MR) is 47.5 cm³/mol. The molecule has 0 saturated carbocycles. The van der Waals surface area contributed by atoms with Crippen molar-refractivity contribution in [2.24, 2.45) is 0 Å². The van der Waals surface area contributed by atoms with Gasteiger partial charge in [0, 0.05) is 6.61 Å². The van der Waals surface area contributed by atoms with Gasteiger partial charge in [0.25, 0.3) is 0 Å². The molecule has 0 amide bonds. The van der Waals surface area contributed by atoms with Crippen molar-refractivity contribution in [2.75, 3.05) is 18.5 Å². The van der Waals surface area contributed by atoms with Gasteiger partial charge in [-0.1, -0.05) is 11.3 Å². The summed E-state index contributed by atoms with van der Waals surface area (Å²) in [5.74, 6) is 0. The minimum absolute atomic E-state index is 0.428. The number of nitrogens with zero attached hydrogens (tertiary/aromatic N) is 2. The average molecular weight is 185 g/mol. The van der Waals surface area contributed by atoms with Crippen LogP contribution < -0.4 is 5.32 Å². The third-order valence-electron chi connectivity index (χ3n) is 1.78. The summed E-state index contributed by atoms with van der Waals surface area (Å²) in [6.07, 6.45) is 1.07. The molecule has 0 aromatic carbocycles. The monoisotopic (exact) mass is 185 g/mol. The maximum absolute atomic E-state index is 5.23. The molecule has 1 aromatic heterocycles. The van der Waals surface area contributed by atoms with Crippen molar-refractivity contribution in [3.05, 3.63) is 5.01 Å². The van der Waals surface area contributed by atoms with Crippen molar-refractivity contribution in [2.45, 2.75) is 19.4 Å². The molecule has 0 bridgehead atoms. The molecule has 0 radical (unpaired) electrons. The molecule has 1 aromatic rings. The first-order chi connectivity index (χ1) is 5.84. The van der Waals surface area contributed by atoms with Crippen molar-refractivity contribution in [3.8, 4) is 0 Å². The van der Waals surface area contributed by atoms with Crippen molar-refractivity contribution in [1.29, 1.82) is 0 Å². The molecule has 1 saturated heterocycles. The first-order valence-electron chi connectivity index (χ1n) is 3.99. The number of aryl methyl sites for hydroxylation is 1. The van der Waals surface area contributed by atoms with Gasteiger partial charge in [0.05, 0.1) is 12.6 Å². The van der Waals surface area contributed by atoms with E-state index in [1.54, 1.807) is 11.3 Å². The Labute approximate surface area is 75.0 Å². The van der Waals surface area contributed by atoms with Crippen LogP contribution in [0.4, 0.5) is 5.13 Å². The van der Waals surface area contributed by atoms with Gasteiger partial charge in [-0.2, -0.15) is 0 Å². The fraction of sp³-hybridized carbons (Fsp3) is 0.714. The molecule has 1 aliphatic rings. The molecule has 1 unspecified atom stereocenters. The lowest BCUT2D eigenvalue weighted by molar-refractivity contribution is 0.195. The normalized spacial score (nSPS) is 22.9. The predicted octanol–water partition coefficient (Wildman–Crippen LogP) is 1.05. The van der Waals surface area contributed by atoms with E-state index in [9.17, 15) is 0 Å². The second-order valence-electron chi connectivity index (χ2n) is 2.83. The van der Waals surface area contributed by atoms with Crippen LogP contribution in [0.5, 0.6) is 0 Å². The molecule has 5 heteroatoms. The van der Waals surface area contributed by atoms with Crippen molar-refractivity contribution in [1.82, 2.24) is 10.2 Å². The summed E-state index contributed by atoms with van der Waals surface area (Å²) < 4.78 is 5.23. The fourth-order valence-corrected chi connectivity index (χ4v) is 1.85. The number of nitrogens with one attached hydrogen (secondary N) is 1. The maximum atomic E-state index is 5.23. The van der Waals surface area contributed by atoms with E-state index in [1.165, 1.54) is 0 Å². The second-order valence-corrected chi connectivity index (χ2v) is 4.01. The van der Waals surface area contributed by atoms with Crippen LogP contribution in [0.3, 0.4) is 0 Å². The highest BCUT2D eigenvalue weighted by atomic mass is 32.1. The van der Waals surface area contributed by atoms with Crippen LogP contribution in [0.15, 0.2) is 0 Å². The Balaban J connectivity index is 1.94. The Bertz CT molecular complexity index is 257. The van der Waals surface area contributed by atoms with Crippen LogP contribution in [0.2, 0.25) is 0 Å². The van der Waals surface area contributed by atoms with Gasteiger partial charge in [-0.3, -0.25) is 0 Å². The number of ether oxygens (including phenoxy) is 1. The van der Waals surface area contributed by atoms with Crippen molar-refractivity contribution < 1.29 is 4.74 Å². The van der Waals surface area contributed by atoms with Crippen LogP contribution in [0, 0.1) is 6.92 Å². The smallest absolute Gasteiger partial charge is 0.205 e. The molecule has 1 atom stereocenters. The quantitative estimate of drug-likeness (QED) is 0.748. The number of hydrogen-bond donors (Lipinski definition) is 1. The highest BCUT2D eigenvalue weighted by Crippen LogP contribution is 2.17. The fourth-order valence-electron chi connectivity index (χ4n) is 1.18. The van der Waals surface area contributed by atoms with Crippen LogP contribution >= 0.6 is 11.3 Å². The Kier molecular flexibility index (Phi) is 2.23. The molecule has 1 fully saturated rings. The number of anilines is 1. The van der Waals surface area contributed by atoms with Gasteiger partial charge in [-0.05, 0) is 13.3 Å². The van der Waals surface area contributed by atoms with Gasteiger partial charge < -0.3 is 10.1 Å². The standard InChI is InChI=1S/C7H11N3OS/c1-5-9-10-7(12-5)8-6-2-3-11-4-6/h6H,2-4H2,1H3,(H,8,10). The van der Waals surface area contributed by atoms with Gasteiger partial charge in [-0.25, -0.2) is 0 Å². The average Bonchev–Trinajstić information content (AvgIpc) is 2.63. The third kappa shape index (κ3) is 1.73. The van der Waals surface area contributed by atoms with Gasteiger partial charge >= 0.3 is 0 Å². The molecule has 0 aliphatic carbocycles. The Morgan fingerprint density at radius 2 is 2.50 bits per heavy atom. The molecule has 4 nitrogen and oxygen atoms in total. The van der Waals surface area contributed by atoms with E-state index in [0.29, 0.717) is 6.04 Å². The van der Waals surface area contributed by atoms with E-state index < -0.39 is 0 Å². The topological polar surface area (TPSA) is 47.0 Å². The molecule has 66 valence electrons. The summed E-state index contributed by atoms with van der Waals surface area (Å²) in [4.78, 5) is 0. The Hall–Kier alpha value is -0.680. The van der Waals surface area contributed by atoms with E-state index in [4.69, 9.17) is 4.74 Å². The molecular weight excluding hydrogens is 174 g/mol. The lowest BCUT2D eigenvalue weighted by Gasteiger charge is -2.06. The Morgan fingerprint density at radius 1 is 1.58 bits per heavy atom. The van der Waals surface area contributed by atoms with E-state index >= 15 is 0 Å². The summed E-state index contributed by atoms with van der Waals surface area (Å²) >= 11 is 1.59. The van der Waals surface area contributed by atoms with Crippen molar-refractivity contribution >= 4 is 16.5 Å². The minimum atomic E-state index is 0.428. The highest BCUT2D eigenvalue weighted by Gasteiger charge is 2.16. The number of aromatic nitrogens is 2. The minimum Gasteiger partial charge on any atom is -0.379 e. The van der Waals surface area contributed by atoms with Crippen LogP contribution in [0.1, 0.15) is 11.4 Å². The lowest BCUT2D eigenvalue weighted by Crippen LogP contribution is -2.18. The zero-order valence-electron chi connectivity index (χ0n) is 6.91. The summed E-state index contributed by atoms with van der Waals surface area (Å²) in [5, 5.41) is 13.1. The molecule has 0 spiro atoms. The van der Waals surface area contributed by atoms with Crippen molar-refractivity contribution in [3.63, 3.8) is 0 Å². The number of hydrogen-bond acceptors (Lipinski definition) is 5. The van der Waals surface area contributed by atoms with Gasteiger partial charge in [0.15, 0.2) is 0 Å². The second kappa shape index (κ2) is 3.37. The molecule has 1 N–H and O–H groups in total.